The van der Waals surface area contributed by atoms with Gasteiger partial charge in [-0.15, -0.1) is 0 Å². The third-order valence-electron chi connectivity index (χ3n) is 11.0. The van der Waals surface area contributed by atoms with Gasteiger partial charge in [-0.25, -0.2) is 25.6 Å². The SMILES string of the molecule is COc1cc(-c2ccc(Cl)cc2)c(F)cc1-n1c(=O)ccc2cc(S(=O)(=O)Nc3ccon3)ccc21.COc1cc(Br)c(F)cc1-n1c(=O)ccc2cc(S(=O)(=O)Nc3ccon3)ccc21.OB(O)c1ccc(Cl)cc1.P.P. The minimum atomic E-state index is -3.98. The first kappa shape index (κ1) is 60.3. The maximum atomic E-state index is 15.3. The number of anilines is 2. The molecule has 404 valence electrons. The number of pyridine rings is 2. The van der Waals surface area contributed by atoms with Crippen molar-refractivity contribution in [3.05, 3.63) is 205 Å². The van der Waals surface area contributed by atoms with Crippen LogP contribution in [-0.2, 0) is 20.0 Å². The molecule has 10 rings (SSSR count). The molecule has 4 N–H and O–H groups in total. The second-order valence-electron chi connectivity index (χ2n) is 15.8. The maximum Gasteiger partial charge on any atom is 0.488 e. The first-order valence-electron chi connectivity index (χ1n) is 21.7. The van der Waals surface area contributed by atoms with E-state index < -0.39 is 49.9 Å². The molecular formula is C50H42BBrCl2F2N6O12P2S2. The fourth-order valence-electron chi connectivity index (χ4n) is 7.43. The number of hydrogen-bond donors (Lipinski definition) is 4. The van der Waals surface area contributed by atoms with Gasteiger partial charge in [0.25, 0.3) is 31.2 Å². The van der Waals surface area contributed by atoms with Gasteiger partial charge in [-0.2, -0.15) is 19.8 Å². The van der Waals surface area contributed by atoms with E-state index >= 15 is 4.39 Å². The molecule has 10 aromatic rings. The topological polar surface area (TPSA) is 247 Å². The normalized spacial score (nSPS) is 11.0. The summed E-state index contributed by atoms with van der Waals surface area (Å²) < 4.78 is 108. The standard InChI is InChI=1S/C25H17ClFN3O5S.C19H13BrFN3O5S.C6H6BClO2.2H3P/c1-34-23-13-19(15-2-5-17(26)6-3-15)20(27)14-22(23)30-21-8-7-18(12-16(21)4-9-25(30)31)36(32,33)29-24-10-11-35-28-24;1-28-17-9-13(20)14(21)10-16(17)24-15-4-3-12(8-11(15)2-5-19(24)25)30(26,27)23-18-6-7-29-22-18;8-6-3-1-5(2-4-6)7(9)10;;/h2-14H,1H3,(H,28,29);2-10H,1H3,(H,22,23);1-4,9-10H;2*1H3. The summed E-state index contributed by atoms with van der Waals surface area (Å²) in [4.78, 5) is 25.4. The number of halogens is 5. The maximum absolute atomic E-state index is 15.3. The summed E-state index contributed by atoms with van der Waals surface area (Å²) in [6.07, 6.45) is 2.48. The number of benzene rings is 6. The Bertz CT molecular complexity index is 4120. The molecule has 6 aromatic carbocycles. The predicted octanol–water partition coefficient (Wildman–Crippen LogP) is 9.07. The van der Waals surface area contributed by atoms with Gasteiger partial charge >= 0.3 is 7.12 Å². The molecule has 0 aliphatic heterocycles. The number of ether oxygens (including phenoxy) is 2. The number of fused-ring (bicyclic) bond motifs is 2. The highest BCUT2D eigenvalue weighted by atomic mass is 79.9. The number of hydrogen-bond acceptors (Lipinski definition) is 14. The molecule has 2 unspecified atom stereocenters. The van der Waals surface area contributed by atoms with Crippen molar-refractivity contribution in [1.29, 1.82) is 0 Å². The number of nitrogens with zero attached hydrogens (tertiary/aromatic N) is 4. The molecule has 0 fully saturated rings. The summed E-state index contributed by atoms with van der Waals surface area (Å²) in [6.45, 7) is 0. The van der Waals surface area contributed by atoms with E-state index in [9.17, 15) is 30.8 Å². The van der Waals surface area contributed by atoms with Crippen LogP contribution in [0, 0.1) is 11.6 Å². The summed E-state index contributed by atoms with van der Waals surface area (Å²) in [5.74, 6) is -0.572. The van der Waals surface area contributed by atoms with Crippen molar-refractivity contribution in [3.8, 4) is 34.0 Å². The Morgan fingerprint density at radius 2 is 1.03 bits per heavy atom. The second kappa shape index (κ2) is 25.7. The van der Waals surface area contributed by atoms with Crippen LogP contribution in [0.25, 0.3) is 44.3 Å². The molecule has 0 spiro atoms. The van der Waals surface area contributed by atoms with Gasteiger partial charge in [0, 0.05) is 62.8 Å². The molecule has 78 heavy (non-hydrogen) atoms. The fraction of sp³-hybridized carbons (Fsp3) is 0.0400. The van der Waals surface area contributed by atoms with E-state index in [-0.39, 0.29) is 74.1 Å². The largest absolute Gasteiger partial charge is 0.495 e. The smallest absolute Gasteiger partial charge is 0.488 e. The zero-order valence-electron chi connectivity index (χ0n) is 40.5. The van der Waals surface area contributed by atoms with Crippen LogP contribution in [0.15, 0.2) is 191 Å². The third-order valence-corrected chi connectivity index (χ3v) is 14.8. The van der Waals surface area contributed by atoms with Gasteiger partial charge in [0.05, 0.1) is 50.9 Å². The van der Waals surface area contributed by atoms with E-state index in [1.54, 1.807) is 48.5 Å². The van der Waals surface area contributed by atoms with Crippen molar-refractivity contribution in [2.75, 3.05) is 23.7 Å². The molecule has 0 bridgehead atoms. The monoisotopic (exact) mass is 1240 g/mol. The third kappa shape index (κ3) is 13.6. The zero-order valence-corrected chi connectivity index (χ0v) is 48.0. The Hall–Kier alpha value is -6.98. The van der Waals surface area contributed by atoms with Gasteiger partial charge in [0.15, 0.2) is 11.6 Å². The quantitative estimate of drug-likeness (QED) is 0.0658. The molecule has 4 aromatic heterocycles. The van der Waals surface area contributed by atoms with Gasteiger partial charge in [0.1, 0.15) is 35.7 Å². The minimum absolute atomic E-state index is 0. The molecule has 0 saturated carbocycles. The average molecular weight is 1240 g/mol. The average Bonchev–Trinajstić information content (AvgIpc) is 4.17. The molecule has 18 nitrogen and oxygen atoms in total. The lowest BCUT2D eigenvalue weighted by molar-refractivity contribution is 0.411. The van der Waals surface area contributed by atoms with Crippen LogP contribution < -0.4 is 35.5 Å². The van der Waals surface area contributed by atoms with Crippen LogP contribution in [0.4, 0.5) is 20.4 Å². The lowest BCUT2D eigenvalue weighted by Crippen LogP contribution is -2.29. The second-order valence-corrected chi connectivity index (χ2v) is 20.9. The van der Waals surface area contributed by atoms with Crippen LogP contribution >= 0.6 is 58.9 Å². The van der Waals surface area contributed by atoms with Crippen LogP contribution in [-0.4, -0.2) is 67.7 Å². The van der Waals surface area contributed by atoms with Gasteiger partial charge in [0.2, 0.25) is 0 Å². The van der Waals surface area contributed by atoms with Gasteiger partial charge in [-0.3, -0.25) is 28.2 Å². The van der Waals surface area contributed by atoms with Crippen molar-refractivity contribution in [2.24, 2.45) is 0 Å². The molecule has 0 aliphatic rings. The predicted molar refractivity (Wildman–Crippen MR) is 308 cm³/mol. The highest BCUT2D eigenvalue weighted by Gasteiger charge is 2.22. The number of nitrogens with one attached hydrogen (secondary N) is 2. The molecule has 4 heterocycles. The van der Waals surface area contributed by atoms with Crippen LogP contribution in [0.3, 0.4) is 0 Å². The molecule has 0 radical (unpaired) electrons. The number of methoxy groups -OCH3 is 2. The van der Waals surface area contributed by atoms with Crippen molar-refractivity contribution in [2.45, 2.75) is 9.79 Å². The van der Waals surface area contributed by atoms with Gasteiger partial charge < -0.3 is 28.6 Å². The molecule has 0 amide bonds. The first-order valence-corrected chi connectivity index (χ1v) is 26.3. The van der Waals surface area contributed by atoms with Gasteiger partial charge in [-0.1, -0.05) is 57.8 Å². The Morgan fingerprint density at radius 3 is 1.45 bits per heavy atom. The molecule has 0 aliphatic carbocycles. The van der Waals surface area contributed by atoms with E-state index in [4.69, 9.17) is 42.7 Å². The summed E-state index contributed by atoms with van der Waals surface area (Å²) >= 11 is 14.6. The molecule has 28 heteroatoms. The van der Waals surface area contributed by atoms with Crippen molar-refractivity contribution in [1.82, 2.24) is 19.4 Å². The minimum Gasteiger partial charge on any atom is -0.495 e. The summed E-state index contributed by atoms with van der Waals surface area (Å²) in [7, 11) is -6.50. The summed E-state index contributed by atoms with van der Waals surface area (Å²) in [6, 6.07) is 35.0. The molecular weight excluding hydrogens is 1200 g/mol. The zero-order chi connectivity index (χ0) is 54.5. The van der Waals surface area contributed by atoms with E-state index in [1.165, 1.54) is 133 Å². The number of aromatic nitrogens is 4. The van der Waals surface area contributed by atoms with E-state index in [0.29, 0.717) is 42.9 Å². The first-order chi connectivity index (χ1) is 36.3. The summed E-state index contributed by atoms with van der Waals surface area (Å²) in [5, 5.41) is 26.3. The van der Waals surface area contributed by atoms with Crippen molar-refractivity contribution < 1.29 is 54.2 Å². The van der Waals surface area contributed by atoms with E-state index in [1.807, 2.05) is 0 Å². The van der Waals surface area contributed by atoms with Gasteiger partial charge in [-0.05, 0) is 112 Å². The van der Waals surface area contributed by atoms with Crippen molar-refractivity contribution in [3.63, 3.8) is 0 Å². The van der Waals surface area contributed by atoms with Crippen molar-refractivity contribution >= 4 is 125 Å². The highest BCUT2D eigenvalue weighted by molar-refractivity contribution is 9.10. The Morgan fingerprint density at radius 1 is 0.590 bits per heavy atom. The number of sulfonamides is 2. The highest BCUT2D eigenvalue weighted by Crippen LogP contribution is 2.35. The lowest BCUT2D eigenvalue weighted by atomic mass is 9.81. The molecule has 0 saturated heterocycles. The molecule has 2 atom stereocenters. The van der Waals surface area contributed by atoms with Crippen LogP contribution in [0.5, 0.6) is 11.5 Å². The van der Waals surface area contributed by atoms with Crippen LogP contribution in [0.2, 0.25) is 10.0 Å². The Kier molecular flexibility index (Phi) is 19.8. The number of rotatable bonds is 12. The Labute approximate surface area is 468 Å². The van der Waals surface area contributed by atoms with E-state index in [0.717, 1.165) is 0 Å². The fourth-order valence-corrected chi connectivity index (χ4v) is 10.1. The van der Waals surface area contributed by atoms with Crippen LogP contribution in [0.1, 0.15) is 0 Å². The Balaban J connectivity index is 0.000000212. The lowest BCUT2D eigenvalue weighted by Gasteiger charge is -2.16. The summed E-state index contributed by atoms with van der Waals surface area (Å²) in [5.41, 5.74) is 1.51. The van der Waals surface area contributed by atoms with E-state index in [2.05, 4.69) is 44.7 Å².